The molecule has 0 fully saturated rings. The van der Waals surface area contributed by atoms with Crippen LogP contribution in [0.25, 0.3) is 10.8 Å². The van der Waals surface area contributed by atoms with Crippen LogP contribution in [0.1, 0.15) is 49.9 Å². The average molecular weight is 399 g/mol. The van der Waals surface area contributed by atoms with Gasteiger partial charge in [0.15, 0.2) is 0 Å². The van der Waals surface area contributed by atoms with Crippen molar-refractivity contribution in [1.29, 1.82) is 0 Å². The van der Waals surface area contributed by atoms with Gasteiger partial charge in [-0.1, -0.05) is 136 Å². The van der Waals surface area contributed by atoms with Gasteiger partial charge in [-0.2, -0.15) is 0 Å². The minimum Gasteiger partial charge on any atom is -0.0683 e. The molecule has 0 nitrogen and oxygen atoms in total. The zero-order valence-electron chi connectivity index (χ0n) is 19.7. The first-order valence-electron chi connectivity index (χ1n) is 11.2. The summed E-state index contributed by atoms with van der Waals surface area (Å²) in [6.07, 6.45) is 2.28. The lowest BCUT2D eigenvalue weighted by molar-refractivity contribution is 1.14. The molecule has 0 N–H and O–H groups in total. The molecule has 4 rings (SSSR count). The Hall–Kier alpha value is -2.86. The van der Waals surface area contributed by atoms with Crippen LogP contribution in [0.15, 0.2) is 97.1 Å². The Bertz CT molecular complexity index is 820. The summed E-state index contributed by atoms with van der Waals surface area (Å²) in [4.78, 5) is 0. The summed E-state index contributed by atoms with van der Waals surface area (Å²) in [5.41, 5.74) is 5.51. The summed E-state index contributed by atoms with van der Waals surface area (Å²) in [6.45, 7) is 12.6. The number of rotatable bonds is 2. The predicted molar refractivity (Wildman–Crippen MR) is 136 cm³/mol. The van der Waals surface area contributed by atoms with Crippen LogP contribution >= 0.6 is 0 Å². The zero-order valence-corrected chi connectivity index (χ0v) is 19.7. The van der Waals surface area contributed by atoms with Gasteiger partial charge in [-0.25, -0.2) is 0 Å². The highest BCUT2D eigenvalue weighted by Crippen LogP contribution is 2.11. The highest BCUT2D eigenvalue weighted by atomic mass is 13.9. The van der Waals surface area contributed by atoms with Crippen molar-refractivity contribution < 1.29 is 0 Å². The standard InChI is InChI=1S/C10H8.2C9H12.C2H6/c1-2-6-10-8-4-3-7-9(10)5-1;2*1-3-9-6-4-8(2)5-7-9;1-2/h1-8H;2*4-7H,3H2,1-2H3;1-2H3. The molecule has 0 saturated carbocycles. The van der Waals surface area contributed by atoms with Crippen molar-refractivity contribution in [2.45, 2.75) is 54.4 Å². The molecule has 0 radical (unpaired) electrons. The molecule has 30 heavy (non-hydrogen) atoms. The maximum absolute atomic E-state index is 2.18. The zero-order chi connectivity index (χ0) is 22.2. The van der Waals surface area contributed by atoms with E-state index in [9.17, 15) is 0 Å². The van der Waals surface area contributed by atoms with Crippen LogP contribution in [0.3, 0.4) is 0 Å². The first-order chi connectivity index (χ1) is 14.6. The van der Waals surface area contributed by atoms with Crippen LogP contribution in [0, 0.1) is 13.8 Å². The normalized spacial score (nSPS) is 9.27. The molecule has 4 aromatic rings. The SMILES string of the molecule is CC.CCc1ccc(C)cc1.CCc1ccc(C)cc1.c1ccc2ccccc2c1. The van der Waals surface area contributed by atoms with E-state index in [2.05, 4.69) is 125 Å². The van der Waals surface area contributed by atoms with Crippen molar-refractivity contribution >= 4 is 10.8 Å². The van der Waals surface area contributed by atoms with E-state index in [0.29, 0.717) is 0 Å². The molecule has 0 aromatic heterocycles. The second-order valence-electron chi connectivity index (χ2n) is 7.03. The molecule has 0 aliphatic heterocycles. The summed E-state index contributed by atoms with van der Waals surface area (Å²) in [6, 6.07) is 34.0. The van der Waals surface area contributed by atoms with Gasteiger partial charge in [-0.15, -0.1) is 0 Å². The van der Waals surface area contributed by atoms with E-state index in [1.165, 1.54) is 33.0 Å². The number of benzene rings is 4. The lowest BCUT2D eigenvalue weighted by atomic mass is 10.1. The second-order valence-corrected chi connectivity index (χ2v) is 7.03. The molecule has 0 aliphatic carbocycles. The van der Waals surface area contributed by atoms with Gasteiger partial charge in [-0.3, -0.25) is 0 Å². The van der Waals surface area contributed by atoms with Crippen LogP contribution in [-0.2, 0) is 12.8 Å². The van der Waals surface area contributed by atoms with Crippen LogP contribution in [0.2, 0.25) is 0 Å². The summed E-state index contributed by atoms with van der Waals surface area (Å²) >= 11 is 0. The molecule has 0 bridgehead atoms. The monoisotopic (exact) mass is 398 g/mol. The van der Waals surface area contributed by atoms with Crippen LogP contribution in [-0.4, -0.2) is 0 Å². The minimum absolute atomic E-state index is 1.14. The fraction of sp³-hybridized carbons (Fsp3) is 0.267. The van der Waals surface area contributed by atoms with Crippen molar-refractivity contribution in [3.63, 3.8) is 0 Å². The topological polar surface area (TPSA) is 0 Å². The van der Waals surface area contributed by atoms with Gasteiger partial charge in [-0.05, 0) is 48.6 Å². The van der Waals surface area contributed by atoms with Crippen LogP contribution < -0.4 is 0 Å². The molecule has 0 saturated heterocycles. The smallest absolute Gasteiger partial charge is 0.0184 e. The Morgan fingerprint density at radius 3 is 0.933 bits per heavy atom. The molecule has 0 atom stereocenters. The molecular formula is C30H38. The van der Waals surface area contributed by atoms with Gasteiger partial charge < -0.3 is 0 Å². The molecule has 0 amide bonds. The third-order valence-electron chi connectivity index (χ3n) is 4.72. The maximum Gasteiger partial charge on any atom is -0.0184 e. The van der Waals surface area contributed by atoms with Gasteiger partial charge in [0.25, 0.3) is 0 Å². The van der Waals surface area contributed by atoms with E-state index in [1.807, 2.05) is 13.8 Å². The van der Waals surface area contributed by atoms with E-state index < -0.39 is 0 Å². The number of aryl methyl sites for hydroxylation is 4. The molecular weight excluding hydrogens is 360 g/mol. The van der Waals surface area contributed by atoms with E-state index >= 15 is 0 Å². The summed E-state index contributed by atoms with van der Waals surface area (Å²) < 4.78 is 0. The van der Waals surface area contributed by atoms with E-state index in [4.69, 9.17) is 0 Å². The largest absolute Gasteiger partial charge is 0.0683 e. The Morgan fingerprint density at radius 2 is 0.700 bits per heavy atom. The molecule has 4 aromatic carbocycles. The van der Waals surface area contributed by atoms with E-state index in [1.54, 1.807) is 0 Å². The Balaban J connectivity index is 0.000000216. The van der Waals surface area contributed by atoms with Gasteiger partial charge in [0.2, 0.25) is 0 Å². The molecule has 0 heterocycles. The third-order valence-corrected chi connectivity index (χ3v) is 4.72. The average Bonchev–Trinajstić information content (AvgIpc) is 2.82. The molecule has 0 unspecified atom stereocenters. The first-order valence-corrected chi connectivity index (χ1v) is 11.2. The lowest BCUT2D eigenvalue weighted by Gasteiger charge is -1.94. The van der Waals surface area contributed by atoms with Gasteiger partial charge in [0.1, 0.15) is 0 Å². The Labute approximate surface area is 184 Å². The second kappa shape index (κ2) is 15.0. The van der Waals surface area contributed by atoms with E-state index in [-0.39, 0.29) is 0 Å². The molecule has 0 spiro atoms. The lowest BCUT2D eigenvalue weighted by Crippen LogP contribution is -1.77. The quantitative estimate of drug-likeness (QED) is 0.316. The Morgan fingerprint density at radius 1 is 0.433 bits per heavy atom. The van der Waals surface area contributed by atoms with E-state index in [0.717, 1.165) is 12.8 Å². The Kier molecular flexibility index (Phi) is 12.6. The first kappa shape index (κ1) is 25.2. The minimum atomic E-state index is 1.14. The summed E-state index contributed by atoms with van der Waals surface area (Å²) in [5.74, 6) is 0. The van der Waals surface area contributed by atoms with Crippen molar-refractivity contribution in [3.8, 4) is 0 Å². The molecule has 158 valence electrons. The van der Waals surface area contributed by atoms with Crippen LogP contribution in [0.4, 0.5) is 0 Å². The van der Waals surface area contributed by atoms with Crippen molar-refractivity contribution in [1.82, 2.24) is 0 Å². The fourth-order valence-electron chi connectivity index (χ4n) is 2.78. The highest BCUT2D eigenvalue weighted by molar-refractivity contribution is 5.82. The number of hydrogen-bond acceptors (Lipinski definition) is 0. The van der Waals surface area contributed by atoms with Crippen LogP contribution in [0.5, 0.6) is 0 Å². The van der Waals surface area contributed by atoms with Crippen molar-refractivity contribution in [2.75, 3.05) is 0 Å². The van der Waals surface area contributed by atoms with Gasteiger partial charge >= 0.3 is 0 Å². The molecule has 0 heteroatoms. The highest BCUT2D eigenvalue weighted by Gasteiger charge is 1.86. The summed E-state index contributed by atoms with van der Waals surface area (Å²) in [7, 11) is 0. The molecule has 0 aliphatic rings. The van der Waals surface area contributed by atoms with Crippen molar-refractivity contribution in [3.05, 3.63) is 119 Å². The maximum atomic E-state index is 2.18. The van der Waals surface area contributed by atoms with Crippen molar-refractivity contribution in [2.24, 2.45) is 0 Å². The number of hydrogen-bond donors (Lipinski definition) is 0. The summed E-state index contributed by atoms with van der Waals surface area (Å²) in [5, 5.41) is 2.62. The van der Waals surface area contributed by atoms with Gasteiger partial charge in [0, 0.05) is 0 Å². The number of fused-ring (bicyclic) bond motifs is 1. The predicted octanol–water partition coefficient (Wildman–Crippen LogP) is 8.98. The fourth-order valence-corrected chi connectivity index (χ4v) is 2.78. The van der Waals surface area contributed by atoms with Gasteiger partial charge in [0.05, 0.1) is 0 Å². The third kappa shape index (κ3) is 9.56.